The molecule has 0 N–H and O–H groups in total. The van der Waals surface area contributed by atoms with Gasteiger partial charge in [-0.25, -0.2) is 8.78 Å². The number of carbonyl (C=O) groups is 1. The van der Waals surface area contributed by atoms with Crippen molar-refractivity contribution in [2.45, 2.75) is 32.0 Å². The molecule has 1 amide bonds. The molecule has 166 valence electrons. The van der Waals surface area contributed by atoms with Gasteiger partial charge in [-0.15, -0.1) is 0 Å². The summed E-state index contributed by atoms with van der Waals surface area (Å²) in [7, 11) is 1.84. The second-order valence-corrected chi connectivity index (χ2v) is 8.55. The molecule has 0 spiro atoms. The lowest BCUT2D eigenvalue weighted by molar-refractivity contribution is -0.137. The van der Waals surface area contributed by atoms with Crippen LogP contribution in [0.25, 0.3) is 0 Å². The van der Waals surface area contributed by atoms with Crippen molar-refractivity contribution in [3.8, 4) is 0 Å². The van der Waals surface area contributed by atoms with Crippen LogP contribution in [0, 0.1) is 17.6 Å². The van der Waals surface area contributed by atoms with Crippen molar-refractivity contribution >= 4 is 5.91 Å². The van der Waals surface area contributed by atoms with Gasteiger partial charge < -0.3 is 4.90 Å². The maximum absolute atomic E-state index is 14.4. The Labute approximate surface area is 188 Å². The molecule has 3 aromatic carbocycles. The van der Waals surface area contributed by atoms with Gasteiger partial charge in [0.25, 0.3) is 0 Å². The van der Waals surface area contributed by atoms with Gasteiger partial charge in [-0.1, -0.05) is 66.7 Å². The van der Waals surface area contributed by atoms with Crippen molar-refractivity contribution in [2.75, 3.05) is 13.6 Å². The van der Waals surface area contributed by atoms with Gasteiger partial charge in [0, 0.05) is 44.4 Å². The van der Waals surface area contributed by atoms with Crippen LogP contribution in [0.15, 0.2) is 78.9 Å². The van der Waals surface area contributed by atoms with Crippen LogP contribution in [0.2, 0.25) is 0 Å². The van der Waals surface area contributed by atoms with Crippen molar-refractivity contribution < 1.29 is 13.6 Å². The van der Waals surface area contributed by atoms with E-state index in [1.165, 1.54) is 12.1 Å². The quantitative estimate of drug-likeness (QED) is 0.506. The molecule has 1 fully saturated rings. The zero-order valence-corrected chi connectivity index (χ0v) is 18.3. The number of piperidine rings is 1. The minimum absolute atomic E-state index is 0.0872. The van der Waals surface area contributed by atoms with Crippen LogP contribution in [0.3, 0.4) is 0 Å². The molecule has 32 heavy (non-hydrogen) atoms. The van der Waals surface area contributed by atoms with E-state index in [0.29, 0.717) is 25.2 Å². The highest BCUT2D eigenvalue weighted by molar-refractivity contribution is 5.79. The van der Waals surface area contributed by atoms with Crippen LogP contribution >= 0.6 is 0 Å². The Morgan fingerprint density at radius 1 is 0.969 bits per heavy atom. The molecule has 0 aromatic heterocycles. The van der Waals surface area contributed by atoms with E-state index in [2.05, 4.69) is 17.0 Å². The van der Waals surface area contributed by atoms with Gasteiger partial charge in [0.2, 0.25) is 5.91 Å². The van der Waals surface area contributed by atoms with Crippen LogP contribution < -0.4 is 0 Å². The van der Waals surface area contributed by atoms with E-state index in [1.807, 2.05) is 55.6 Å². The number of nitrogens with zero attached hydrogens (tertiary/aromatic N) is 2. The van der Waals surface area contributed by atoms with Crippen LogP contribution in [-0.4, -0.2) is 29.3 Å². The monoisotopic (exact) mass is 434 g/mol. The summed E-state index contributed by atoms with van der Waals surface area (Å²) < 4.78 is 27.8. The zero-order valence-electron chi connectivity index (χ0n) is 18.3. The van der Waals surface area contributed by atoms with Crippen LogP contribution in [-0.2, 0) is 17.9 Å². The Morgan fingerprint density at radius 3 is 2.34 bits per heavy atom. The maximum Gasteiger partial charge on any atom is 0.227 e. The highest BCUT2D eigenvalue weighted by Crippen LogP contribution is 2.35. The van der Waals surface area contributed by atoms with E-state index in [1.54, 1.807) is 4.90 Å². The minimum atomic E-state index is -0.583. The molecule has 4 rings (SSSR count). The van der Waals surface area contributed by atoms with Crippen molar-refractivity contribution in [2.24, 2.45) is 5.92 Å². The third kappa shape index (κ3) is 5.22. The minimum Gasteiger partial charge on any atom is -0.341 e. The van der Waals surface area contributed by atoms with Crippen molar-refractivity contribution in [3.05, 3.63) is 107 Å². The molecule has 1 saturated heterocycles. The number of amides is 1. The first-order valence-electron chi connectivity index (χ1n) is 11.0. The normalized spacial score (nSPS) is 19.0. The van der Waals surface area contributed by atoms with Gasteiger partial charge in [0.15, 0.2) is 0 Å². The summed E-state index contributed by atoms with van der Waals surface area (Å²) >= 11 is 0. The molecule has 3 nitrogen and oxygen atoms in total. The summed E-state index contributed by atoms with van der Waals surface area (Å²) in [5.41, 5.74) is 2.68. The van der Waals surface area contributed by atoms with Crippen LogP contribution in [0.4, 0.5) is 8.78 Å². The van der Waals surface area contributed by atoms with Crippen molar-refractivity contribution in [1.29, 1.82) is 0 Å². The number of halogens is 2. The van der Waals surface area contributed by atoms with E-state index < -0.39 is 11.6 Å². The fraction of sp³-hybridized carbons (Fsp3) is 0.296. The van der Waals surface area contributed by atoms with Crippen LogP contribution in [0.1, 0.15) is 35.6 Å². The average molecular weight is 435 g/mol. The number of rotatable bonds is 6. The Bertz CT molecular complexity index is 1040. The number of hydrogen-bond acceptors (Lipinski definition) is 2. The SMILES string of the molecule is CN(Cc1ccccc1)C(=O)C1CCC(c2ccccc2)N(Cc2ccc(F)cc2F)C1. The van der Waals surface area contributed by atoms with E-state index in [-0.39, 0.29) is 17.9 Å². The number of likely N-dealkylation sites (tertiary alicyclic amines) is 1. The standard InChI is InChI=1S/C27H28F2N2O/c1-30(17-20-8-4-2-5-9-20)27(32)23-13-15-26(21-10-6-3-7-11-21)31(19-23)18-22-12-14-24(28)16-25(22)29/h2-12,14,16,23,26H,13,15,17-19H2,1H3. The van der Waals surface area contributed by atoms with E-state index in [9.17, 15) is 13.6 Å². The van der Waals surface area contributed by atoms with Gasteiger partial charge in [-0.05, 0) is 30.0 Å². The molecule has 1 aliphatic heterocycles. The Hall–Kier alpha value is -3.05. The molecule has 0 saturated carbocycles. The zero-order chi connectivity index (χ0) is 22.5. The summed E-state index contributed by atoms with van der Waals surface area (Å²) in [6.07, 6.45) is 1.59. The molecule has 0 bridgehead atoms. The summed E-state index contributed by atoms with van der Waals surface area (Å²) in [5, 5.41) is 0. The molecule has 1 heterocycles. The highest BCUT2D eigenvalue weighted by Gasteiger charge is 2.34. The Kier molecular flexibility index (Phi) is 6.96. The van der Waals surface area contributed by atoms with Gasteiger partial charge >= 0.3 is 0 Å². The first-order chi connectivity index (χ1) is 15.5. The number of carbonyl (C=O) groups excluding carboxylic acids is 1. The lowest BCUT2D eigenvalue weighted by atomic mass is 9.87. The van der Waals surface area contributed by atoms with Crippen molar-refractivity contribution in [1.82, 2.24) is 9.80 Å². The lowest BCUT2D eigenvalue weighted by Crippen LogP contribution is -2.44. The molecular formula is C27H28F2N2O. The fourth-order valence-electron chi connectivity index (χ4n) is 4.59. The van der Waals surface area contributed by atoms with Crippen molar-refractivity contribution in [3.63, 3.8) is 0 Å². The Morgan fingerprint density at radius 2 is 1.66 bits per heavy atom. The second-order valence-electron chi connectivity index (χ2n) is 8.55. The third-order valence-electron chi connectivity index (χ3n) is 6.25. The number of benzene rings is 3. The summed E-state index contributed by atoms with van der Waals surface area (Å²) in [5.74, 6) is -1.19. The summed E-state index contributed by atoms with van der Waals surface area (Å²) in [6.45, 7) is 1.43. The molecule has 2 atom stereocenters. The molecule has 5 heteroatoms. The van der Waals surface area contributed by atoms with E-state index in [0.717, 1.165) is 30.0 Å². The molecular weight excluding hydrogens is 406 g/mol. The highest BCUT2D eigenvalue weighted by atomic mass is 19.1. The topological polar surface area (TPSA) is 23.6 Å². The third-order valence-corrected chi connectivity index (χ3v) is 6.25. The van der Waals surface area contributed by atoms with Gasteiger partial charge in [0.05, 0.1) is 5.92 Å². The Balaban J connectivity index is 1.52. The summed E-state index contributed by atoms with van der Waals surface area (Å²) in [6, 6.07) is 23.8. The van der Waals surface area contributed by atoms with Crippen LogP contribution in [0.5, 0.6) is 0 Å². The molecule has 3 aromatic rings. The molecule has 0 aliphatic carbocycles. The van der Waals surface area contributed by atoms with E-state index in [4.69, 9.17) is 0 Å². The smallest absolute Gasteiger partial charge is 0.227 e. The van der Waals surface area contributed by atoms with Gasteiger partial charge in [-0.2, -0.15) is 0 Å². The first-order valence-corrected chi connectivity index (χ1v) is 11.0. The summed E-state index contributed by atoms with van der Waals surface area (Å²) in [4.78, 5) is 17.2. The predicted octanol–water partition coefficient (Wildman–Crippen LogP) is 5.58. The lowest BCUT2D eigenvalue weighted by Gasteiger charge is -2.40. The van der Waals surface area contributed by atoms with Gasteiger partial charge in [-0.3, -0.25) is 9.69 Å². The largest absolute Gasteiger partial charge is 0.341 e. The average Bonchev–Trinajstić information content (AvgIpc) is 2.81. The maximum atomic E-state index is 14.4. The second kappa shape index (κ2) is 10.0. The fourth-order valence-corrected chi connectivity index (χ4v) is 4.59. The predicted molar refractivity (Wildman–Crippen MR) is 122 cm³/mol. The molecule has 1 aliphatic rings. The molecule has 2 unspecified atom stereocenters. The number of hydrogen-bond donors (Lipinski definition) is 0. The molecule has 0 radical (unpaired) electrons. The van der Waals surface area contributed by atoms with Gasteiger partial charge in [0.1, 0.15) is 11.6 Å². The first kappa shape index (κ1) is 22.2. The van der Waals surface area contributed by atoms with E-state index >= 15 is 0 Å².